The Labute approximate surface area is 124 Å². The third kappa shape index (κ3) is 5.80. The lowest BCUT2D eigenvalue weighted by Gasteiger charge is -2.34. The van der Waals surface area contributed by atoms with Crippen molar-refractivity contribution in [3.8, 4) is 0 Å². The van der Waals surface area contributed by atoms with Crippen molar-refractivity contribution in [3.05, 3.63) is 0 Å². The highest BCUT2D eigenvalue weighted by Crippen LogP contribution is 2.26. The molecule has 0 aromatic carbocycles. The Kier molecular flexibility index (Phi) is 8.15. The van der Waals surface area contributed by atoms with E-state index >= 15 is 0 Å². The number of nitrogens with zero attached hydrogens (tertiary/aromatic N) is 1. The smallest absolute Gasteiger partial charge is 0.322 e. The van der Waals surface area contributed by atoms with Gasteiger partial charge in [-0.05, 0) is 58.0 Å². The largest absolute Gasteiger partial charge is 0.468 e. The lowest BCUT2D eigenvalue weighted by Crippen LogP contribution is -2.42. The predicted molar refractivity (Wildman–Crippen MR) is 82.8 cm³/mol. The molecule has 0 aromatic rings. The normalized spacial score (nSPS) is 24.6. The molecule has 4 nitrogen and oxygen atoms in total. The fourth-order valence-electron chi connectivity index (χ4n) is 2.96. The summed E-state index contributed by atoms with van der Waals surface area (Å²) in [5, 5.41) is 3.28. The van der Waals surface area contributed by atoms with Crippen molar-refractivity contribution in [1.82, 2.24) is 10.2 Å². The number of nitrogens with one attached hydrogen (secondary N) is 1. The van der Waals surface area contributed by atoms with Gasteiger partial charge in [0.05, 0.1) is 7.11 Å². The first-order valence-electron chi connectivity index (χ1n) is 8.09. The van der Waals surface area contributed by atoms with Crippen molar-refractivity contribution in [2.75, 3.05) is 27.2 Å². The van der Waals surface area contributed by atoms with Crippen LogP contribution >= 0.6 is 0 Å². The van der Waals surface area contributed by atoms with Crippen molar-refractivity contribution in [2.45, 2.75) is 64.5 Å². The van der Waals surface area contributed by atoms with E-state index in [0.717, 1.165) is 31.8 Å². The quantitative estimate of drug-likeness (QED) is 0.695. The van der Waals surface area contributed by atoms with Gasteiger partial charge in [-0.25, -0.2) is 0 Å². The lowest BCUT2D eigenvalue weighted by atomic mass is 9.86. The van der Waals surface area contributed by atoms with Gasteiger partial charge < -0.3 is 15.0 Å². The molecule has 0 aliphatic heterocycles. The maximum atomic E-state index is 11.7. The molecule has 1 saturated carbocycles. The number of rotatable bonds is 8. The van der Waals surface area contributed by atoms with E-state index in [1.54, 1.807) is 0 Å². The zero-order valence-electron chi connectivity index (χ0n) is 13.7. The van der Waals surface area contributed by atoms with Crippen molar-refractivity contribution in [2.24, 2.45) is 5.92 Å². The molecule has 0 heterocycles. The number of esters is 1. The molecule has 1 N–H and O–H groups in total. The average molecular weight is 284 g/mol. The van der Waals surface area contributed by atoms with Crippen LogP contribution in [-0.2, 0) is 9.53 Å². The first kappa shape index (κ1) is 17.4. The summed E-state index contributed by atoms with van der Waals surface area (Å²) in [5.74, 6) is 0.748. The van der Waals surface area contributed by atoms with Crippen molar-refractivity contribution >= 4 is 5.97 Å². The van der Waals surface area contributed by atoms with Gasteiger partial charge in [-0.1, -0.05) is 13.8 Å². The van der Waals surface area contributed by atoms with Crippen molar-refractivity contribution in [3.63, 3.8) is 0 Å². The summed E-state index contributed by atoms with van der Waals surface area (Å²) in [7, 11) is 3.66. The minimum Gasteiger partial charge on any atom is -0.468 e. The van der Waals surface area contributed by atoms with Crippen LogP contribution in [0.3, 0.4) is 0 Å². The van der Waals surface area contributed by atoms with E-state index < -0.39 is 0 Å². The van der Waals surface area contributed by atoms with Gasteiger partial charge >= 0.3 is 5.97 Å². The molecule has 0 radical (unpaired) electrons. The highest BCUT2D eigenvalue weighted by molar-refractivity contribution is 5.75. The molecule has 20 heavy (non-hydrogen) atoms. The summed E-state index contributed by atoms with van der Waals surface area (Å²) >= 11 is 0. The van der Waals surface area contributed by atoms with Gasteiger partial charge in [0.15, 0.2) is 0 Å². The van der Waals surface area contributed by atoms with E-state index in [-0.39, 0.29) is 12.0 Å². The Morgan fingerprint density at radius 1 is 1.35 bits per heavy atom. The third-order valence-electron chi connectivity index (χ3n) is 4.51. The van der Waals surface area contributed by atoms with Crippen LogP contribution in [0.1, 0.15) is 52.4 Å². The first-order valence-corrected chi connectivity index (χ1v) is 8.09. The van der Waals surface area contributed by atoms with Crippen LogP contribution in [0.2, 0.25) is 0 Å². The highest BCUT2D eigenvalue weighted by Gasteiger charge is 2.24. The second kappa shape index (κ2) is 9.35. The summed E-state index contributed by atoms with van der Waals surface area (Å²) in [6.45, 7) is 6.27. The maximum absolute atomic E-state index is 11.7. The third-order valence-corrected chi connectivity index (χ3v) is 4.51. The van der Waals surface area contributed by atoms with Crippen LogP contribution < -0.4 is 5.32 Å². The molecule has 1 aliphatic rings. The fourth-order valence-corrected chi connectivity index (χ4v) is 2.96. The molecule has 0 saturated heterocycles. The van der Waals surface area contributed by atoms with E-state index in [9.17, 15) is 4.79 Å². The molecule has 1 aliphatic carbocycles. The van der Waals surface area contributed by atoms with E-state index in [4.69, 9.17) is 4.74 Å². The topological polar surface area (TPSA) is 41.6 Å². The molecular formula is C16H32N2O2. The van der Waals surface area contributed by atoms with Gasteiger partial charge in [0.1, 0.15) is 6.04 Å². The number of carbonyl (C=O) groups excluding carboxylic acids is 1. The van der Waals surface area contributed by atoms with E-state index in [2.05, 4.69) is 31.1 Å². The van der Waals surface area contributed by atoms with Crippen LogP contribution in [0, 0.1) is 5.92 Å². The van der Waals surface area contributed by atoms with Gasteiger partial charge in [-0.2, -0.15) is 0 Å². The minimum absolute atomic E-state index is 0.135. The Morgan fingerprint density at radius 3 is 2.55 bits per heavy atom. The number of ether oxygens (including phenoxy) is 1. The van der Waals surface area contributed by atoms with Crippen LogP contribution in [0.15, 0.2) is 0 Å². The second-order valence-electron chi connectivity index (χ2n) is 6.21. The molecule has 0 amide bonds. The van der Waals surface area contributed by atoms with Gasteiger partial charge in [0.25, 0.3) is 0 Å². The standard InChI is InChI=1S/C16H32N2O2/c1-5-11-17-15(16(19)20-4)10-12-18(3)14-8-6-13(2)7-9-14/h13-15,17H,5-12H2,1-4H3. The molecule has 118 valence electrons. The Morgan fingerprint density at radius 2 is 2.00 bits per heavy atom. The van der Waals surface area contributed by atoms with E-state index in [1.165, 1.54) is 32.8 Å². The maximum Gasteiger partial charge on any atom is 0.322 e. The van der Waals surface area contributed by atoms with Crippen molar-refractivity contribution in [1.29, 1.82) is 0 Å². The summed E-state index contributed by atoms with van der Waals surface area (Å²) < 4.78 is 4.88. The Hall–Kier alpha value is -0.610. The highest BCUT2D eigenvalue weighted by atomic mass is 16.5. The van der Waals surface area contributed by atoms with Crippen LogP contribution in [0.25, 0.3) is 0 Å². The summed E-state index contributed by atoms with van der Waals surface area (Å²) in [6.07, 6.45) is 7.12. The molecule has 1 atom stereocenters. The van der Waals surface area contributed by atoms with Crippen molar-refractivity contribution < 1.29 is 9.53 Å². The Balaban J connectivity index is 2.35. The van der Waals surface area contributed by atoms with Gasteiger partial charge in [-0.3, -0.25) is 4.79 Å². The van der Waals surface area contributed by atoms with Crippen LogP contribution in [0.5, 0.6) is 0 Å². The second-order valence-corrected chi connectivity index (χ2v) is 6.21. The van der Waals surface area contributed by atoms with E-state index in [0.29, 0.717) is 6.04 Å². The molecule has 0 spiro atoms. The molecule has 1 fully saturated rings. The Bertz CT molecular complexity index is 276. The monoisotopic (exact) mass is 284 g/mol. The van der Waals surface area contributed by atoms with Crippen LogP contribution in [0.4, 0.5) is 0 Å². The fraction of sp³-hybridized carbons (Fsp3) is 0.938. The lowest BCUT2D eigenvalue weighted by molar-refractivity contribution is -0.143. The SMILES string of the molecule is CCCNC(CCN(C)C1CCC(C)CC1)C(=O)OC. The number of hydrogen-bond donors (Lipinski definition) is 1. The molecular weight excluding hydrogens is 252 g/mol. The molecule has 4 heteroatoms. The van der Waals surface area contributed by atoms with Gasteiger partial charge in [0.2, 0.25) is 0 Å². The minimum atomic E-state index is -0.162. The average Bonchev–Trinajstić information content (AvgIpc) is 2.47. The summed E-state index contributed by atoms with van der Waals surface area (Å²) in [4.78, 5) is 14.2. The summed E-state index contributed by atoms with van der Waals surface area (Å²) in [6, 6.07) is 0.528. The first-order chi connectivity index (χ1) is 9.58. The number of hydrogen-bond acceptors (Lipinski definition) is 4. The van der Waals surface area contributed by atoms with Gasteiger partial charge in [0, 0.05) is 12.6 Å². The summed E-state index contributed by atoms with van der Waals surface area (Å²) in [5.41, 5.74) is 0. The van der Waals surface area contributed by atoms with Gasteiger partial charge in [-0.15, -0.1) is 0 Å². The molecule has 0 bridgehead atoms. The predicted octanol–water partition coefficient (Wildman–Crippen LogP) is 2.43. The molecule has 0 aromatic heterocycles. The molecule has 1 unspecified atom stereocenters. The molecule has 1 rings (SSSR count). The zero-order chi connectivity index (χ0) is 15.0. The van der Waals surface area contributed by atoms with Crippen LogP contribution in [-0.4, -0.2) is 50.2 Å². The number of carbonyl (C=O) groups is 1. The van der Waals surface area contributed by atoms with E-state index in [1.807, 2.05) is 0 Å². The zero-order valence-corrected chi connectivity index (χ0v) is 13.7. The number of methoxy groups -OCH3 is 1.